The molecule has 158 valence electrons. The molecule has 29 heavy (non-hydrogen) atoms. The quantitative estimate of drug-likeness (QED) is 0.387. The summed E-state index contributed by atoms with van der Waals surface area (Å²) in [5, 5.41) is 0. The monoisotopic (exact) mass is 402 g/mol. The lowest BCUT2D eigenvalue weighted by Gasteiger charge is -2.29. The van der Waals surface area contributed by atoms with Crippen LogP contribution >= 0.6 is 0 Å². The smallest absolute Gasteiger partial charge is 0.206 e. The van der Waals surface area contributed by atoms with Crippen molar-refractivity contribution in [1.82, 2.24) is 0 Å². The Morgan fingerprint density at radius 3 is 2.17 bits per heavy atom. The molecule has 1 aliphatic rings. The predicted octanol–water partition coefficient (Wildman–Crippen LogP) is 8.85. The summed E-state index contributed by atoms with van der Waals surface area (Å²) in [6.07, 6.45) is 7.95. The molecule has 0 heterocycles. The summed E-state index contributed by atoms with van der Waals surface area (Å²) in [6, 6.07) is 11.2. The molecule has 0 amide bonds. The summed E-state index contributed by atoms with van der Waals surface area (Å²) in [4.78, 5) is 0. The van der Waals surface area contributed by atoms with Crippen molar-refractivity contribution >= 4 is 0 Å². The molecule has 0 spiro atoms. The number of benzene rings is 2. The Hall–Kier alpha value is -1.77. The molecule has 0 radical (unpaired) electrons. The molecule has 0 N–H and O–H groups in total. The Balaban J connectivity index is 1.69. The largest absolute Gasteiger partial charge is 0.266 e. The van der Waals surface area contributed by atoms with E-state index in [4.69, 9.17) is 0 Å². The topological polar surface area (TPSA) is 0 Å². The first-order valence-electron chi connectivity index (χ1n) is 11.2. The third-order valence-electron chi connectivity index (χ3n) is 6.62. The predicted molar refractivity (Wildman–Crippen MR) is 115 cm³/mol. The summed E-state index contributed by atoms with van der Waals surface area (Å²) in [5.74, 6) is 0.658. The van der Waals surface area contributed by atoms with E-state index < -0.39 is 17.8 Å². The van der Waals surface area contributed by atoms with Gasteiger partial charge < -0.3 is 0 Å². The van der Waals surface area contributed by atoms with E-state index in [1.165, 1.54) is 56.9 Å². The minimum absolute atomic E-state index is 0.267. The summed E-state index contributed by atoms with van der Waals surface area (Å²) in [6.45, 7) is 4.02. The second kappa shape index (κ2) is 10.3. The van der Waals surface area contributed by atoms with Crippen LogP contribution in [-0.2, 0) is 6.42 Å². The van der Waals surface area contributed by atoms with Crippen molar-refractivity contribution < 1.29 is 13.2 Å². The summed E-state index contributed by atoms with van der Waals surface area (Å²) in [7, 11) is 0. The molecule has 0 unspecified atom stereocenters. The number of hydrogen-bond acceptors (Lipinski definition) is 0. The van der Waals surface area contributed by atoms with Gasteiger partial charge in [-0.2, -0.15) is 0 Å². The maximum Gasteiger partial charge on any atom is 0.266 e. The zero-order chi connectivity index (χ0) is 20.8. The van der Waals surface area contributed by atoms with Crippen LogP contribution in [0.2, 0.25) is 0 Å². The van der Waals surface area contributed by atoms with Gasteiger partial charge in [0.15, 0.2) is 0 Å². The highest BCUT2D eigenvalue weighted by molar-refractivity contribution is 5.66. The highest BCUT2D eigenvalue weighted by atomic mass is 19.3. The summed E-state index contributed by atoms with van der Waals surface area (Å²) in [5.41, 5.74) is 2.16. The first-order valence-corrected chi connectivity index (χ1v) is 11.2. The van der Waals surface area contributed by atoms with Gasteiger partial charge >= 0.3 is 0 Å². The highest BCUT2D eigenvalue weighted by Crippen LogP contribution is 2.39. The summed E-state index contributed by atoms with van der Waals surface area (Å²) >= 11 is 0. The van der Waals surface area contributed by atoms with Crippen LogP contribution in [0.1, 0.15) is 94.2 Å². The third-order valence-corrected chi connectivity index (χ3v) is 6.62. The van der Waals surface area contributed by atoms with Crippen molar-refractivity contribution in [2.45, 2.75) is 84.0 Å². The highest BCUT2D eigenvalue weighted by Gasteiger charge is 2.23. The Bertz CT molecular complexity index is 771. The SMILES string of the molecule is CCCCCC1CCC(c2ccc(-c3ccc(CC)c(C(F)F)c3F)cc2)CC1. The normalized spacial score (nSPS) is 19.7. The Labute approximate surface area is 173 Å². The summed E-state index contributed by atoms with van der Waals surface area (Å²) < 4.78 is 41.5. The lowest BCUT2D eigenvalue weighted by molar-refractivity contribution is 0.145. The Kier molecular flexibility index (Phi) is 7.80. The molecule has 0 bridgehead atoms. The van der Waals surface area contributed by atoms with E-state index in [1.807, 2.05) is 12.1 Å². The molecule has 2 aromatic carbocycles. The fourth-order valence-electron chi connectivity index (χ4n) is 4.80. The van der Waals surface area contributed by atoms with E-state index in [0.29, 0.717) is 23.5 Å². The number of rotatable bonds is 8. The molecule has 0 aliphatic heterocycles. The first-order chi connectivity index (χ1) is 14.0. The molecule has 3 heteroatoms. The molecule has 1 saturated carbocycles. The van der Waals surface area contributed by atoms with Crippen molar-refractivity contribution in [2.75, 3.05) is 0 Å². The van der Waals surface area contributed by atoms with Crippen LogP contribution < -0.4 is 0 Å². The van der Waals surface area contributed by atoms with Gasteiger partial charge in [0.05, 0.1) is 5.56 Å². The van der Waals surface area contributed by atoms with E-state index in [2.05, 4.69) is 19.1 Å². The lowest BCUT2D eigenvalue weighted by Crippen LogP contribution is -2.13. The number of alkyl halides is 2. The minimum atomic E-state index is -2.79. The molecule has 1 fully saturated rings. The van der Waals surface area contributed by atoms with Crippen LogP contribution in [0, 0.1) is 11.7 Å². The van der Waals surface area contributed by atoms with Crippen LogP contribution in [0.3, 0.4) is 0 Å². The van der Waals surface area contributed by atoms with Gasteiger partial charge in [-0.15, -0.1) is 0 Å². The van der Waals surface area contributed by atoms with Crippen molar-refractivity contribution in [1.29, 1.82) is 0 Å². The van der Waals surface area contributed by atoms with Gasteiger partial charge in [-0.3, -0.25) is 0 Å². The first kappa shape index (κ1) is 21.9. The molecule has 0 atom stereocenters. The number of unbranched alkanes of at least 4 members (excludes halogenated alkanes) is 2. The molecule has 0 aromatic heterocycles. The van der Waals surface area contributed by atoms with Gasteiger partial charge in [0.1, 0.15) is 5.82 Å². The van der Waals surface area contributed by atoms with Gasteiger partial charge in [-0.05, 0) is 60.6 Å². The van der Waals surface area contributed by atoms with E-state index in [1.54, 1.807) is 19.1 Å². The lowest BCUT2D eigenvalue weighted by atomic mass is 9.77. The van der Waals surface area contributed by atoms with Gasteiger partial charge in [-0.1, -0.05) is 75.9 Å². The van der Waals surface area contributed by atoms with Crippen LogP contribution in [-0.4, -0.2) is 0 Å². The van der Waals surface area contributed by atoms with Crippen molar-refractivity contribution in [2.24, 2.45) is 5.92 Å². The fraction of sp³-hybridized carbons (Fsp3) is 0.538. The van der Waals surface area contributed by atoms with E-state index in [0.717, 1.165) is 5.92 Å². The Morgan fingerprint density at radius 1 is 0.897 bits per heavy atom. The minimum Gasteiger partial charge on any atom is -0.206 e. The van der Waals surface area contributed by atoms with E-state index >= 15 is 0 Å². The maximum absolute atomic E-state index is 14.8. The van der Waals surface area contributed by atoms with Crippen LogP contribution in [0.15, 0.2) is 36.4 Å². The molecule has 1 aliphatic carbocycles. The van der Waals surface area contributed by atoms with Crippen molar-refractivity contribution in [3.8, 4) is 11.1 Å². The molecule has 0 saturated heterocycles. The third kappa shape index (κ3) is 5.24. The fourth-order valence-corrected chi connectivity index (χ4v) is 4.80. The zero-order valence-corrected chi connectivity index (χ0v) is 17.7. The number of hydrogen-bond donors (Lipinski definition) is 0. The number of halogens is 3. The molecule has 0 nitrogen and oxygen atoms in total. The van der Waals surface area contributed by atoms with Crippen molar-refractivity contribution in [3.05, 3.63) is 58.9 Å². The van der Waals surface area contributed by atoms with E-state index in [9.17, 15) is 13.2 Å². The van der Waals surface area contributed by atoms with Crippen LogP contribution in [0.4, 0.5) is 13.2 Å². The molecule has 3 rings (SSSR count). The maximum atomic E-state index is 14.8. The molecule has 2 aromatic rings. The van der Waals surface area contributed by atoms with E-state index in [-0.39, 0.29) is 5.56 Å². The average Bonchev–Trinajstić information content (AvgIpc) is 2.74. The van der Waals surface area contributed by atoms with Gasteiger partial charge in [0.25, 0.3) is 6.43 Å². The average molecular weight is 403 g/mol. The molecular weight excluding hydrogens is 369 g/mol. The standard InChI is InChI=1S/C26H33F3/c1-3-5-6-7-18-8-10-20(11-9-18)21-12-14-22(15-13-21)23-17-16-19(4-2)24(25(23)27)26(28)29/h12-18,20,26H,3-11H2,1-2H3. The Morgan fingerprint density at radius 2 is 1.59 bits per heavy atom. The van der Waals surface area contributed by atoms with Gasteiger partial charge in [0, 0.05) is 5.56 Å². The van der Waals surface area contributed by atoms with Crippen LogP contribution in [0.25, 0.3) is 11.1 Å². The second-order valence-electron chi connectivity index (χ2n) is 8.49. The van der Waals surface area contributed by atoms with Gasteiger partial charge in [0.2, 0.25) is 0 Å². The molecular formula is C26H33F3. The van der Waals surface area contributed by atoms with Gasteiger partial charge in [-0.25, -0.2) is 13.2 Å². The zero-order valence-electron chi connectivity index (χ0n) is 17.7. The van der Waals surface area contributed by atoms with Crippen LogP contribution in [0.5, 0.6) is 0 Å². The second-order valence-corrected chi connectivity index (χ2v) is 8.49. The number of aryl methyl sites for hydroxylation is 1. The van der Waals surface area contributed by atoms with Crippen molar-refractivity contribution in [3.63, 3.8) is 0 Å².